The molecule has 1 rings (SSSR count). The highest BCUT2D eigenvalue weighted by Crippen LogP contribution is 2.19. The lowest BCUT2D eigenvalue weighted by molar-refractivity contribution is -0.143. The first-order valence-corrected chi connectivity index (χ1v) is 4.15. The maximum atomic E-state index is 12.1. The van der Waals surface area contributed by atoms with Gasteiger partial charge in [0, 0.05) is 13.7 Å². The minimum Gasteiger partial charge on any atom is -0.378 e. The summed E-state index contributed by atoms with van der Waals surface area (Å²) in [5, 5.41) is 6.92. The first-order chi connectivity index (χ1) is 6.98. The fraction of sp³-hybridized carbons (Fsp3) is 0.714. The van der Waals surface area contributed by atoms with Crippen molar-refractivity contribution < 1.29 is 17.9 Å². The summed E-state index contributed by atoms with van der Waals surface area (Å²) in [4.78, 5) is 0. The van der Waals surface area contributed by atoms with Crippen LogP contribution in [0.1, 0.15) is 11.4 Å². The van der Waals surface area contributed by atoms with E-state index >= 15 is 0 Å². The van der Waals surface area contributed by atoms with Gasteiger partial charge in [0.2, 0.25) is 0 Å². The molecule has 0 aliphatic carbocycles. The maximum absolute atomic E-state index is 12.1. The molecule has 0 saturated carbocycles. The molecule has 0 spiro atoms. The number of nitrogens with zero attached hydrogens (tertiary/aromatic N) is 3. The molecule has 86 valence electrons. The van der Waals surface area contributed by atoms with Crippen LogP contribution in [0.4, 0.5) is 13.2 Å². The Balaban J connectivity index is 2.91. The summed E-state index contributed by atoms with van der Waals surface area (Å²) >= 11 is 0. The summed E-state index contributed by atoms with van der Waals surface area (Å²) in [7, 11) is 1.38. The quantitative estimate of drug-likeness (QED) is 0.806. The van der Waals surface area contributed by atoms with Crippen LogP contribution in [-0.4, -0.2) is 28.3 Å². The van der Waals surface area contributed by atoms with Crippen LogP contribution in [-0.2, 0) is 24.4 Å². The van der Waals surface area contributed by atoms with Crippen molar-refractivity contribution in [3.05, 3.63) is 11.4 Å². The van der Waals surface area contributed by atoms with E-state index in [2.05, 4.69) is 10.3 Å². The normalized spacial score (nSPS) is 12.1. The van der Waals surface area contributed by atoms with Gasteiger partial charge in [0.05, 0.1) is 12.3 Å². The first kappa shape index (κ1) is 11.9. The largest absolute Gasteiger partial charge is 0.408 e. The van der Waals surface area contributed by atoms with Crippen LogP contribution in [0.5, 0.6) is 0 Å². The Morgan fingerprint density at radius 3 is 2.60 bits per heavy atom. The van der Waals surface area contributed by atoms with Crippen molar-refractivity contribution >= 4 is 0 Å². The molecule has 15 heavy (non-hydrogen) atoms. The van der Waals surface area contributed by atoms with E-state index in [9.17, 15) is 13.2 Å². The number of rotatable bonds is 4. The molecule has 0 aliphatic rings. The molecule has 0 fully saturated rings. The molecule has 1 heterocycles. The van der Waals surface area contributed by atoms with E-state index < -0.39 is 12.7 Å². The van der Waals surface area contributed by atoms with Gasteiger partial charge in [-0.25, -0.2) is 4.68 Å². The van der Waals surface area contributed by atoms with Gasteiger partial charge in [-0.05, 0) is 0 Å². The highest BCUT2D eigenvalue weighted by atomic mass is 19.4. The second-order valence-electron chi connectivity index (χ2n) is 2.89. The minimum absolute atomic E-state index is 0.00954. The van der Waals surface area contributed by atoms with E-state index in [4.69, 9.17) is 10.5 Å². The van der Waals surface area contributed by atoms with Crippen molar-refractivity contribution in [2.24, 2.45) is 5.73 Å². The number of halogens is 3. The van der Waals surface area contributed by atoms with Crippen molar-refractivity contribution in [1.82, 2.24) is 15.0 Å². The van der Waals surface area contributed by atoms with Crippen LogP contribution in [0.2, 0.25) is 0 Å². The lowest BCUT2D eigenvalue weighted by Crippen LogP contribution is -2.21. The number of ether oxygens (including phenoxy) is 1. The zero-order valence-electron chi connectivity index (χ0n) is 8.08. The van der Waals surface area contributed by atoms with E-state index in [1.165, 1.54) is 7.11 Å². The molecular formula is C7H11F3N4O. The van der Waals surface area contributed by atoms with E-state index in [0.29, 0.717) is 5.69 Å². The van der Waals surface area contributed by atoms with Crippen molar-refractivity contribution in [3.63, 3.8) is 0 Å². The molecule has 0 atom stereocenters. The van der Waals surface area contributed by atoms with Gasteiger partial charge in [-0.1, -0.05) is 5.21 Å². The SMILES string of the molecule is COCc1c(CN)nnn1CC(F)(F)F. The Hall–Kier alpha value is -1.15. The van der Waals surface area contributed by atoms with Gasteiger partial charge < -0.3 is 10.5 Å². The third kappa shape index (κ3) is 3.17. The summed E-state index contributed by atoms with van der Waals surface area (Å²) in [5.74, 6) is 0. The van der Waals surface area contributed by atoms with Crippen molar-refractivity contribution in [1.29, 1.82) is 0 Å². The lowest BCUT2D eigenvalue weighted by Gasteiger charge is -2.09. The molecule has 0 aromatic carbocycles. The number of nitrogens with two attached hydrogens (primary N) is 1. The van der Waals surface area contributed by atoms with Crippen LogP contribution in [0.25, 0.3) is 0 Å². The van der Waals surface area contributed by atoms with Crippen LogP contribution in [0.3, 0.4) is 0 Å². The van der Waals surface area contributed by atoms with Crippen LogP contribution in [0.15, 0.2) is 0 Å². The molecular weight excluding hydrogens is 213 g/mol. The Bertz CT molecular complexity index is 323. The van der Waals surface area contributed by atoms with Crippen LogP contribution >= 0.6 is 0 Å². The van der Waals surface area contributed by atoms with Gasteiger partial charge in [0.1, 0.15) is 12.2 Å². The van der Waals surface area contributed by atoms with Crippen molar-refractivity contribution in [3.8, 4) is 0 Å². The molecule has 0 unspecified atom stereocenters. The molecule has 0 aliphatic heterocycles. The van der Waals surface area contributed by atoms with Gasteiger partial charge in [-0.3, -0.25) is 0 Å². The summed E-state index contributed by atoms with van der Waals surface area (Å²) < 4.78 is 41.9. The highest BCUT2D eigenvalue weighted by Gasteiger charge is 2.30. The average Bonchev–Trinajstić information content (AvgIpc) is 2.47. The standard InChI is InChI=1S/C7H11F3N4O/c1-15-3-6-5(2-11)12-13-14(6)4-7(8,9)10/h2-4,11H2,1H3. The summed E-state index contributed by atoms with van der Waals surface area (Å²) in [6.45, 7) is -1.13. The smallest absolute Gasteiger partial charge is 0.378 e. The second kappa shape index (κ2) is 4.58. The van der Waals surface area contributed by atoms with Crippen molar-refractivity contribution in [2.75, 3.05) is 7.11 Å². The number of hydrogen-bond donors (Lipinski definition) is 1. The van der Waals surface area contributed by atoms with Crippen LogP contribution in [0, 0.1) is 0 Å². The molecule has 2 N–H and O–H groups in total. The van der Waals surface area contributed by atoms with E-state index in [1.807, 2.05) is 0 Å². The van der Waals surface area contributed by atoms with E-state index in [1.54, 1.807) is 0 Å². The maximum Gasteiger partial charge on any atom is 0.408 e. The highest BCUT2D eigenvalue weighted by molar-refractivity contribution is 5.08. The number of alkyl halides is 3. The van der Waals surface area contributed by atoms with E-state index in [0.717, 1.165) is 4.68 Å². The van der Waals surface area contributed by atoms with Gasteiger partial charge in [0.15, 0.2) is 0 Å². The molecule has 1 aromatic heterocycles. The van der Waals surface area contributed by atoms with Crippen LogP contribution < -0.4 is 5.73 Å². The molecule has 0 bridgehead atoms. The zero-order valence-corrected chi connectivity index (χ0v) is 8.08. The molecule has 1 aromatic rings. The average molecular weight is 224 g/mol. The molecule has 0 amide bonds. The minimum atomic E-state index is -4.33. The fourth-order valence-corrected chi connectivity index (χ4v) is 1.12. The Kier molecular flexibility index (Phi) is 3.64. The summed E-state index contributed by atoms with van der Waals surface area (Å²) in [6, 6.07) is 0. The predicted molar refractivity (Wildman–Crippen MR) is 44.7 cm³/mol. The molecule has 0 saturated heterocycles. The van der Waals surface area contributed by atoms with Crippen molar-refractivity contribution in [2.45, 2.75) is 25.9 Å². The lowest BCUT2D eigenvalue weighted by atomic mass is 10.3. The summed E-state index contributed by atoms with van der Waals surface area (Å²) in [6.07, 6.45) is -4.33. The molecule has 0 radical (unpaired) electrons. The number of hydrogen-bond acceptors (Lipinski definition) is 4. The van der Waals surface area contributed by atoms with E-state index in [-0.39, 0.29) is 18.8 Å². The zero-order chi connectivity index (χ0) is 11.5. The third-order valence-corrected chi connectivity index (χ3v) is 1.72. The Morgan fingerprint density at radius 1 is 1.47 bits per heavy atom. The second-order valence-corrected chi connectivity index (χ2v) is 2.89. The predicted octanol–water partition coefficient (Wildman–Crippen LogP) is 0.445. The number of methoxy groups -OCH3 is 1. The topological polar surface area (TPSA) is 66.0 Å². The van der Waals surface area contributed by atoms with Gasteiger partial charge in [-0.15, -0.1) is 5.10 Å². The first-order valence-electron chi connectivity index (χ1n) is 4.15. The van der Waals surface area contributed by atoms with Gasteiger partial charge in [0.25, 0.3) is 0 Å². The molecule has 5 nitrogen and oxygen atoms in total. The summed E-state index contributed by atoms with van der Waals surface area (Å²) in [5.41, 5.74) is 5.89. The van der Waals surface area contributed by atoms with Gasteiger partial charge >= 0.3 is 6.18 Å². The van der Waals surface area contributed by atoms with Gasteiger partial charge in [-0.2, -0.15) is 13.2 Å². The Morgan fingerprint density at radius 2 is 2.13 bits per heavy atom. The molecule has 8 heteroatoms. The fourth-order valence-electron chi connectivity index (χ4n) is 1.12. The number of aromatic nitrogens is 3. The third-order valence-electron chi connectivity index (χ3n) is 1.72. The monoisotopic (exact) mass is 224 g/mol. The Labute approximate surface area is 84.0 Å².